The first-order chi connectivity index (χ1) is 15.5. The maximum Gasteiger partial charge on any atom is 0.251 e. The molecule has 32 heavy (non-hydrogen) atoms. The van der Waals surface area contributed by atoms with E-state index < -0.39 is 0 Å². The summed E-state index contributed by atoms with van der Waals surface area (Å²) in [6, 6.07) is 13.1. The van der Waals surface area contributed by atoms with Gasteiger partial charge in [-0.3, -0.25) is 9.59 Å². The van der Waals surface area contributed by atoms with Crippen molar-refractivity contribution in [1.82, 2.24) is 5.32 Å². The molecule has 0 saturated heterocycles. The van der Waals surface area contributed by atoms with Crippen molar-refractivity contribution in [1.29, 1.82) is 0 Å². The molecule has 0 saturated carbocycles. The Hall–Kier alpha value is -2.82. The van der Waals surface area contributed by atoms with Crippen LogP contribution in [-0.2, 0) is 4.79 Å². The lowest BCUT2D eigenvalue weighted by Gasteiger charge is -2.11. The molecule has 0 aliphatic carbocycles. The number of amides is 2. The molecule has 0 unspecified atom stereocenters. The Bertz CT molecular complexity index is 846. The number of carbonyl (C=O) groups excluding carboxylic acids is 2. The maximum absolute atomic E-state index is 12.3. The van der Waals surface area contributed by atoms with Gasteiger partial charge in [-0.1, -0.05) is 69.6 Å². The third-order valence-electron chi connectivity index (χ3n) is 5.57. The molecule has 2 aromatic carbocycles. The number of anilines is 2. The van der Waals surface area contributed by atoms with E-state index in [0.29, 0.717) is 17.8 Å². The van der Waals surface area contributed by atoms with E-state index in [1.807, 2.05) is 26.0 Å². The van der Waals surface area contributed by atoms with E-state index in [-0.39, 0.29) is 18.4 Å². The van der Waals surface area contributed by atoms with Gasteiger partial charge in [-0.05, 0) is 56.2 Å². The highest BCUT2D eigenvalue weighted by Crippen LogP contribution is 2.16. The number of rotatable bonds is 14. The molecule has 0 atom stereocenters. The largest absolute Gasteiger partial charge is 0.376 e. The molecule has 0 fully saturated rings. The SMILES string of the molecule is CCCCCCCCCCNC(=O)c1ccc(NC(=O)CNc2ccc(C)cc2C)cc1. The Morgan fingerprint density at radius 2 is 1.47 bits per heavy atom. The summed E-state index contributed by atoms with van der Waals surface area (Å²) in [5, 5.41) is 9.01. The topological polar surface area (TPSA) is 70.2 Å². The molecule has 2 aromatic rings. The Morgan fingerprint density at radius 1 is 0.812 bits per heavy atom. The highest BCUT2D eigenvalue weighted by molar-refractivity contribution is 5.96. The molecule has 2 amide bonds. The second-order valence-electron chi connectivity index (χ2n) is 8.53. The number of hydrogen-bond donors (Lipinski definition) is 3. The highest BCUT2D eigenvalue weighted by Gasteiger charge is 2.07. The first-order valence-electron chi connectivity index (χ1n) is 12.0. The number of benzene rings is 2. The zero-order valence-corrected chi connectivity index (χ0v) is 19.9. The summed E-state index contributed by atoms with van der Waals surface area (Å²) < 4.78 is 0. The number of aryl methyl sites for hydroxylation is 2. The lowest BCUT2D eigenvalue weighted by atomic mass is 10.1. The Morgan fingerprint density at radius 3 is 2.12 bits per heavy atom. The fraction of sp³-hybridized carbons (Fsp3) is 0.481. The van der Waals surface area contributed by atoms with Crippen LogP contribution in [0.1, 0.15) is 79.8 Å². The molecular formula is C27H39N3O2. The quantitative estimate of drug-likeness (QED) is 0.307. The molecule has 174 valence electrons. The molecule has 0 spiro atoms. The van der Waals surface area contributed by atoms with Crippen LogP contribution < -0.4 is 16.0 Å². The Labute approximate surface area is 193 Å². The maximum atomic E-state index is 12.3. The predicted octanol–water partition coefficient (Wildman–Crippen LogP) is 6.22. The fourth-order valence-electron chi connectivity index (χ4n) is 3.66. The van der Waals surface area contributed by atoms with Crippen LogP contribution in [0.15, 0.2) is 42.5 Å². The van der Waals surface area contributed by atoms with Crippen LogP contribution >= 0.6 is 0 Å². The molecule has 0 aliphatic rings. The van der Waals surface area contributed by atoms with E-state index in [9.17, 15) is 9.59 Å². The molecular weight excluding hydrogens is 398 g/mol. The normalized spacial score (nSPS) is 10.6. The second kappa shape index (κ2) is 14.3. The average molecular weight is 438 g/mol. The van der Waals surface area contributed by atoms with E-state index in [2.05, 4.69) is 28.9 Å². The van der Waals surface area contributed by atoms with E-state index >= 15 is 0 Å². The van der Waals surface area contributed by atoms with Crippen molar-refractivity contribution in [2.45, 2.75) is 72.1 Å². The molecule has 5 nitrogen and oxygen atoms in total. The molecule has 0 heterocycles. The van der Waals surface area contributed by atoms with Crippen molar-refractivity contribution in [3.63, 3.8) is 0 Å². The number of nitrogens with one attached hydrogen (secondary N) is 3. The summed E-state index contributed by atoms with van der Waals surface area (Å²) in [5.41, 5.74) is 4.54. The third-order valence-corrected chi connectivity index (χ3v) is 5.57. The van der Waals surface area contributed by atoms with Gasteiger partial charge < -0.3 is 16.0 Å². The van der Waals surface area contributed by atoms with Gasteiger partial charge in [0.2, 0.25) is 5.91 Å². The zero-order valence-electron chi connectivity index (χ0n) is 19.9. The smallest absolute Gasteiger partial charge is 0.251 e. The van der Waals surface area contributed by atoms with Crippen molar-refractivity contribution < 1.29 is 9.59 Å². The minimum atomic E-state index is -0.128. The van der Waals surface area contributed by atoms with Gasteiger partial charge in [-0.25, -0.2) is 0 Å². The van der Waals surface area contributed by atoms with Crippen LogP contribution in [-0.4, -0.2) is 24.9 Å². The number of unbranched alkanes of at least 4 members (excludes halogenated alkanes) is 7. The minimum Gasteiger partial charge on any atom is -0.376 e. The van der Waals surface area contributed by atoms with Crippen LogP contribution in [0.3, 0.4) is 0 Å². The van der Waals surface area contributed by atoms with Crippen molar-refractivity contribution in [3.8, 4) is 0 Å². The minimum absolute atomic E-state index is 0.0673. The molecule has 0 aliphatic heterocycles. The second-order valence-corrected chi connectivity index (χ2v) is 8.53. The van der Waals surface area contributed by atoms with Crippen molar-refractivity contribution in [2.75, 3.05) is 23.7 Å². The summed E-state index contributed by atoms with van der Waals surface area (Å²) in [5.74, 6) is -0.195. The average Bonchev–Trinajstić information content (AvgIpc) is 2.77. The van der Waals surface area contributed by atoms with Gasteiger partial charge in [0, 0.05) is 23.5 Å². The lowest BCUT2D eigenvalue weighted by molar-refractivity contribution is -0.114. The first-order valence-corrected chi connectivity index (χ1v) is 12.0. The summed E-state index contributed by atoms with van der Waals surface area (Å²) in [6.07, 6.45) is 9.99. The van der Waals surface area contributed by atoms with Crippen LogP contribution in [0.5, 0.6) is 0 Å². The van der Waals surface area contributed by atoms with E-state index in [4.69, 9.17) is 0 Å². The summed E-state index contributed by atoms with van der Waals surface area (Å²) in [4.78, 5) is 24.5. The molecule has 2 rings (SSSR count). The van der Waals surface area contributed by atoms with Gasteiger partial charge in [0.25, 0.3) is 5.91 Å². The first kappa shape index (κ1) is 25.4. The van der Waals surface area contributed by atoms with Crippen molar-refractivity contribution in [2.24, 2.45) is 0 Å². The molecule has 0 bridgehead atoms. The van der Waals surface area contributed by atoms with Gasteiger partial charge in [0.15, 0.2) is 0 Å². The summed E-state index contributed by atoms with van der Waals surface area (Å²) >= 11 is 0. The molecule has 3 N–H and O–H groups in total. The van der Waals surface area contributed by atoms with E-state index in [1.54, 1.807) is 24.3 Å². The van der Waals surface area contributed by atoms with E-state index in [1.165, 1.54) is 44.1 Å². The van der Waals surface area contributed by atoms with Gasteiger partial charge in [0.05, 0.1) is 6.54 Å². The third kappa shape index (κ3) is 9.54. The van der Waals surface area contributed by atoms with Crippen LogP contribution in [0.4, 0.5) is 11.4 Å². The van der Waals surface area contributed by atoms with Crippen molar-refractivity contribution >= 4 is 23.2 Å². The fourth-order valence-corrected chi connectivity index (χ4v) is 3.66. The monoisotopic (exact) mass is 437 g/mol. The predicted molar refractivity (Wildman–Crippen MR) is 134 cm³/mol. The van der Waals surface area contributed by atoms with Crippen molar-refractivity contribution in [3.05, 3.63) is 59.2 Å². The number of hydrogen-bond acceptors (Lipinski definition) is 3. The number of carbonyl (C=O) groups is 2. The molecule has 0 aromatic heterocycles. The van der Waals surface area contributed by atoms with E-state index in [0.717, 1.165) is 24.1 Å². The van der Waals surface area contributed by atoms with Gasteiger partial charge in [0.1, 0.15) is 0 Å². The van der Waals surface area contributed by atoms with Gasteiger partial charge >= 0.3 is 0 Å². The molecule has 5 heteroatoms. The zero-order chi connectivity index (χ0) is 23.2. The van der Waals surface area contributed by atoms with Crippen LogP contribution in [0.2, 0.25) is 0 Å². The lowest BCUT2D eigenvalue weighted by Crippen LogP contribution is -2.24. The highest BCUT2D eigenvalue weighted by atomic mass is 16.2. The Balaban J connectivity index is 1.65. The Kier molecular flexibility index (Phi) is 11.4. The van der Waals surface area contributed by atoms with Gasteiger partial charge in [-0.15, -0.1) is 0 Å². The van der Waals surface area contributed by atoms with Crippen LogP contribution in [0.25, 0.3) is 0 Å². The van der Waals surface area contributed by atoms with Crippen LogP contribution in [0, 0.1) is 13.8 Å². The standard InChI is InChI=1S/C27H39N3O2/c1-4-5-6-7-8-9-10-11-18-28-27(32)23-13-15-24(16-14-23)30-26(31)20-29-25-17-12-21(2)19-22(25)3/h12-17,19,29H,4-11,18,20H2,1-3H3,(H,28,32)(H,30,31). The summed E-state index contributed by atoms with van der Waals surface area (Å²) in [7, 11) is 0. The molecule has 0 radical (unpaired) electrons. The summed E-state index contributed by atoms with van der Waals surface area (Å²) in [6.45, 7) is 7.19. The van der Waals surface area contributed by atoms with Gasteiger partial charge in [-0.2, -0.15) is 0 Å².